The SMILES string of the molecule is CC(C)CNC(=O)CC(C(=O)O)C1CCN(C(=O)OC(C)(C)C)CC1. The van der Waals surface area contributed by atoms with Gasteiger partial charge in [-0.05, 0) is 45.4 Å². The number of carbonyl (C=O) groups excluding carboxylic acids is 2. The summed E-state index contributed by atoms with van der Waals surface area (Å²) < 4.78 is 5.35. The van der Waals surface area contributed by atoms with Crippen molar-refractivity contribution in [2.24, 2.45) is 17.8 Å². The van der Waals surface area contributed by atoms with Crippen LogP contribution in [0.1, 0.15) is 53.9 Å². The number of aliphatic carboxylic acids is 1. The minimum Gasteiger partial charge on any atom is -0.481 e. The molecule has 1 unspecified atom stereocenters. The molecule has 1 aliphatic heterocycles. The minimum atomic E-state index is -0.949. The van der Waals surface area contributed by atoms with Crippen LogP contribution in [0.15, 0.2) is 0 Å². The van der Waals surface area contributed by atoms with E-state index in [1.54, 1.807) is 4.90 Å². The van der Waals surface area contributed by atoms with Crippen LogP contribution < -0.4 is 5.32 Å². The molecular weight excluding hydrogens is 324 g/mol. The number of rotatable bonds is 6. The first-order valence-electron chi connectivity index (χ1n) is 8.97. The lowest BCUT2D eigenvalue weighted by atomic mass is 9.82. The third kappa shape index (κ3) is 7.75. The van der Waals surface area contributed by atoms with Crippen molar-refractivity contribution in [1.82, 2.24) is 10.2 Å². The molecule has 1 saturated heterocycles. The third-order valence-electron chi connectivity index (χ3n) is 4.19. The molecule has 0 bridgehead atoms. The van der Waals surface area contributed by atoms with Gasteiger partial charge in [0.1, 0.15) is 5.60 Å². The van der Waals surface area contributed by atoms with Gasteiger partial charge in [-0.3, -0.25) is 9.59 Å². The predicted molar refractivity (Wildman–Crippen MR) is 94.1 cm³/mol. The van der Waals surface area contributed by atoms with Crippen LogP contribution in [-0.2, 0) is 14.3 Å². The highest BCUT2D eigenvalue weighted by molar-refractivity contribution is 5.82. The van der Waals surface area contributed by atoms with Gasteiger partial charge in [0.25, 0.3) is 0 Å². The number of nitrogens with one attached hydrogen (secondary N) is 1. The highest BCUT2D eigenvalue weighted by Gasteiger charge is 2.35. The molecule has 0 saturated carbocycles. The van der Waals surface area contributed by atoms with Gasteiger partial charge in [0.15, 0.2) is 0 Å². The van der Waals surface area contributed by atoms with E-state index in [0.29, 0.717) is 38.4 Å². The van der Waals surface area contributed by atoms with Crippen LogP contribution in [0.25, 0.3) is 0 Å². The number of carboxylic acid groups (broad SMARTS) is 1. The molecule has 0 aliphatic carbocycles. The Kier molecular flexibility index (Phi) is 7.70. The second kappa shape index (κ2) is 9.06. The number of piperidine rings is 1. The van der Waals surface area contributed by atoms with Crippen molar-refractivity contribution in [1.29, 1.82) is 0 Å². The van der Waals surface area contributed by atoms with Crippen LogP contribution in [0.2, 0.25) is 0 Å². The molecule has 2 amide bonds. The number of carboxylic acids is 1. The summed E-state index contributed by atoms with van der Waals surface area (Å²) in [6.45, 7) is 10.9. The van der Waals surface area contributed by atoms with E-state index in [1.165, 1.54) is 0 Å². The number of nitrogens with zero attached hydrogens (tertiary/aromatic N) is 1. The fourth-order valence-electron chi connectivity index (χ4n) is 2.86. The van der Waals surface area contributed by atoms with E-state index in [1.807, 2.05) is 34.6 Å². The molecule has 1 rings (SSSR count). The number of amides is 2. The molecule has 25 heavy (non-hydrogen) atoms. The van der Waals surface area contributed by atoms with E-state index in [2.05, 4.69) is 5.32 Å². The Morgan fingerprint density at radius 3 is 2.20 bits per heavy atom. The van der Waals surface area contributed by atoms with Crippen molar-refractivity contribution in [3.63, 3.8) is 0 Å². The third-order valence-corrected chi connectivity index (χ3v) is 4.19. The van der Waals surface area contributed by atoms with Crippen molar-refractivity contribution in [2.45, 2.75) is 59.5 Å². The van der Waals surface area contributed by atoms with E-state index in [-0.39, 0.29) is 24.3 Å². The Hall–Kier alpha value is -1.79. The van der Waals surface area contributed by atoms with Crippen LogP contribution in [-0.4, -0.2) is 53.2 Å². The number of likely N-dealkylation sites (tertiary alicyclic amines) is 1. The quantitative estimate of drug-likeness (QED) is 0.762. The summed E-state index contributed by atoms with van der Waals surface area (Å²) in [5.74, 6) is -1.68. The summed E-state index contributed by atoms with van der Waals surface area (Å²) in [6, 6.07) is 0. The highest BCUT2D eigenvalue weighted by Crippen LogP contribution is 2.28. The summed E-state index contributed by atoms with van der Waals surface area (Å²) in [7, 11) is 0. The molecule has 1 atom stereocenters. The maximum atomic E-state index is 12.1. The van der Waals surface area contributed by atoms with Gasteiger partial charge < -0.3 is 20.1 Å². The van der Waals surface area contributed by atoms with E-state index >= 15 is 0 Å². The smallest absolute Gasteiger partial charge is 0.410 e. The monoisotopic (exact) mass is 356 g/mol. The predicted octanol–water partition coefficient (Wildman–Crippen LogP) is 2.50. The Labute approximate surface area is 150 Å². The largest absolute Gasteiger partial charge is 0.481 e. The first kappa shape index (κ1) is 21.3. The van der Waals surface area contributed by atoms with Crippen LogP contribution in [0.5, 0.6) is 0 Å². The first-order chi connectivity index (χ1) is 11.5. The van der Waals surface area contributed by atoms with Crippen molar-refractivity contribution in [2.75, 3.05) is 19.6 Å². The van der Waals surface area contributed by atoms with Crippen LogP contribution >= 0.6 is 0 Å². The van der Waals surface area contributed by atoms with E-state index < -0.39 is 17.5 Å². The maximum Gasteiger partial charge on any atom is 0.410 e. The zero-order valence-corrected chi connectivity index (χ0v) is 16.0. The molecule has 0 aromatic carbocycles. The van der Waals surface area contributed by atoms with Gasteiger partial charge in [-0.25, -0.2) is 4.79 Å². The van der Waals surface area contributed by atoms with Crippen molar-refractivity contribution in [3.8, 4) is 0 Å². The van der Waals surface area contributed by atoms with Crippen LogP contribution in [0.3, 0.4) is 0 Å². The fraction of sp³-hybridized carbons (Fsp3) is 0.833. The van der Waals surface area contributed by atoms with Gasteiger partial charge in [0, 0.05) is 26.1 Å². The molecular formula is C18H32N2O5. The summed E-state index contributed by atoms with van der Waals surface area (Å²) in [5, 5.41) is 12.3. The van der Waals surface area contributed by atoms with Gasteiger partial charge in [-0.2, -0.15) is 0 Å². The maximum absolute atomic E-state index is 12.1. The normalized spacial score (nSPS) is 17.3. The van der Waals surface area contributed by atoms with Gasteiger partial charge in [0.2, 0.25) is 5.91 Å². The molecule has 1 aliphatic rings. The van der Waals surface area contributed by atoms with Crippen molar-refractivity contribution in [3.05, 3.63) is 0 Å². The molecule has 0 radical (unpaired) electrons. The van der Waals surface area contributed by atoms with Crippen LogP contribution in [0.4, 0.5) is 4.79 Å². The average Bonchev–Trinajstić information content (AvgIpc) is 2.48. The second-order valence-corrected chi connectivity index (χ2v) is 8.15. The molecule has 144 valence electrons. The number of ether oxygens (including phenoxy) is 1. The summed E-state index contributed by atoms with van der Waals surface area (Å²) in [5.41, 5.74) is -0.550. The van der Waals surface area contributed by atoms with Crippen molar-refractivity contribution >= 4 is 18.0 Å². The number of hydrogen-bond acceptors (Lipinski definition) is 4. The molecule has 7 nitrogen and oxygen atoms in total. The van der Waals surface area contributed by atoms with Crippen molar-refractivity contribution < 1.29 is 24.2 Å². The van der Waals surface area contributed by atoms with Gasteiger partial charge in [0.05, 0.1) is 5.92 Å². The number of carbonyl (C=O) groups is 3. The molecule has 2 N–H and O–H groups in total. The van der Waals surface area contributed by atoms with Gasteiger partial charge in [-0.15, -0.1) is 0 Å². The zero-order chi connectivity index (χ0) is 19.2. The zero-order valence-electron chi connectivity index (χ0n) is 16.0. The topological polar surface area (TPSA) is 95.9 Å². The summed E-state index contributed by atoms with van der Waals surface area (Å²) in [6.07, 6.45) is 0.744. The second-order valence-electron chi connectivity index (χ2n) is 8.15. The lowest BCUT2D eigenvalue weighted by molar-refractivity contribution is -0.146. The average molecular weight is 356 g/mol. The Morgan fingerprint density at radius 2 is 1.76 bits per heavy atom. The summed E-state index contributed by atoms with van der Waals surface area (Å²) >= 11 is 0. The first-order valence-corrected chi connectivity index (χ1v) is 8.97. The molecule has 0 spiro atoms. The standard InChI is InChI=1S/C18H32N2O5/c1-12(2)11-19-15(21)10-14(16(22)23)13-6-8-20(9-7-13)17(24)25-18(3,4)5/h12-14H,6-11H2,1-5H3,(H,19,21)(H,22,23). The Morgan fingerprint density at radius 1 is 1.20 bits per heavy atom. The lowest BCUT2D eigenvalue weighted by Gasteiger charge is -2.35. The molecule has 0 aromatic rings. The minimum absolute atomic E-state index is 0.0147. The van der Waals surface area contributed by atoms with E-state index in [9.17, 15) is 19.5 Å². The molecule has 1 fully saturated rings. The number of hydrogen-bond donors (Lipinski definition) is 2. The lowest BCUT2D eigenvalue weighted by Crippen LogP contribution is -2.44. The molecule has 7 heteroatoms. The van der Waals surface area contributed by atoms with E-state index in [0.717, 1.165) is 0 Å². The van der Waals surface area contributed by atoms with E-state index in [4.69, 9.17) is 4.74 Å². The Bertz CT molecular complexity index is 476. The fourth-order valence-corrected chi connectivity index (χ4v) is 2.86. The van der Waals surface area contributed by atoms with Crippen LogP contribution in [0, 0.1) is 17.8 Å². The highest BCUT2D eigenvalue weighted by atomic mass is 16.6. The Balaban J connectivity index is 2.55. The summed E-state index contributed by atoms with van der Waals surface area (Å²) in [4.78, 5) is 37.3. The van der Waals surface area contributed by atoms with Gasteiger partial charge >= 0.3 is 12.1 Å². The molecule has 1 heterocycles. The van der Waals surface area contributed by atoms with Gasteiger partial charge in [-0.1, -0.05) is 13.8 Å². The molecule has 0 aromatic heterocycles.